The highest BCUT2D eigenvalue weighted by Crippen LogP contribution is 2.35. The number of nitrogens with zero attached hydrogens (tertiary/aromatic N) is 4. The Kier molecular flexibility index (Phi) is 8.87. The van der Waals surface area contributed by atoms with E-state index in [4.69, 9.17) is 4.74 Å². The Labute approximate surface area is 209 Å². The number of aromatic nitrogens is 1. The molecule has 2 heterocycles. The molecule has 0 fully saturated rings. The molecule has 7 nitrogen and oxygen atoms in total. The molecule has 1 N–H and O–H groups in total. The summed E-state index contributed by atoms with van der Waals surface area (Å²) in [5.74, 6) is 0.492. The van der Waals surface area contributed by atoms with Gasteiger partial charge in [0.05, 0.1) is 24.4 Å². The summed E-state index contributed by atoms with van der Waals surface area (Å²) in [5.41, 5.74) is 4.64. The van der Waals surface area contributed by atoms with E-state index in [9.17, 15) is 15.2 Å². The van der Waals surface area contributed by atoms with Crippen LogP contribution >= 0.6 is 0 Å². The van der Waals surface area contributed by atoms with E-state index in [1.165, 1.54) is 6.20 Å². The smallest absolute Gasteiger partial charge is 0.254 e. The molecule has 7 heteroatoms. The van der Waals surface area contributed by atoms with Crippen LogP contribution in [0.2, 0.25) is 0 Å². The summed E-state index contributed by atoms with van der Waals surface area (Å²) in [4.78, 5) is 22.3. The predicted octanol–water partition coefficient (Wildman–Crippen LogP) is 4.30. The predicted molar refractivity (Wildman–Crippen MR) is 136 cm³/mol. The number of carbonyl (C=O) groups is 1. The number of amides is 1. The fourth-order valence-corrected chi connectivity index (χ4v) is 4.53. The zero-order chi connectivity index (χ0) is 25.7. The number of hydrogen-bond acceptors (Lipinski definition) is 6. The maximum Gasteiger partial charge on any atom is 0.254 e. The summed E-state index contributed by atoms with van der Waals surface area (Å²) in [6, 6.07) is 7.69. The van der Waals surface area contributed by atoms with E-state index in [2.05, 4.69) is 36.0 Å². The molecule has 1 aromatic carbocycles. The average molecular weight is 479 g/mol. The second kappa shape index (κ2) is 11.7. The molecular weight excluding hydrogens is 440 g/mol. The van der Waals surface area contributed by atoms with Crippen molar-refractivity contribution in [3.05, 3.63) is 57.9 Å². The van der Waals surface area contributed by atoms with E-state index in [1.807, 2.05) is 38.7 Å². The zero-order valence-electron chi connectivity index (χ0n) is 21.8. The van der Waals surface area contributed by atoms with Gasteiger partial charge in [-0.1, -0.05) is 26.8 Å². The second-order valence-corrected chi connectivity index (χ2v) is 9.62. The monoisotopic (exact) mass is 478 g/mol. The van der Waals surface area contributed by atoms with Crippen molar-refractivity contribution in [1.82, 2.24) is 14.8 Å². The standard InChI is InChI=1S/C28H38N4O3/c1-7-31(6)11-9-20-13-23(27(33)18(3)4)22-10-12-32(28(34)24(22)14-20)19(5)25-15-26(35-8-2)21(16-29)17-30-25/h13-15,17-19,27,33H,7-12H2,1-6H3/t19-,27?/m0/s1. The molecule has 1 aromatic heterocycles. The summed E-state index contributed by atoms with van der Waals surface area (Å²) in [6.45, 7) is 12.8. The van der Waals surface area contributed by atoms with Crippen LogP contribution in [0.15, 0.2) is 24.4 Å². The number of nitriles is 1. The molecule has 35 heavy (non-hydrogen) atoms. The van der Waals surface area contributed by atoms with Crippen molar-refractivity contribution in [1.29, 1.82) is 5.26 Å². The van der Waals surface area contributed by atoms with Crippen molar-refractivity contribution < 1.29 is 14.6 Å². The number of fused-ring (bicyclic) bond motifs is 1. The maximum atomic E-state index is 13.8. The van der Waals surface area contributed by atoms with Gasteiger partial charge < -0.3 is 19.6 Å². The Balaban J connectivity index is 1.97. The fraction of sp³-hybridized carbons (Fsp3) is 0.536. The minimum Gasteiger partial charge on any atom is -0.492 e. The number of pyridine rings is 1. The third-order valence-corrected chi connectivity index (χ3v) is 6.91. The molecular formula is C28H38N4O3. The van der Waals surface area contributed by atoms with Crippen molar-refractivity contribution in [3.8, 4) is 11.8 Å². The van der Waals surface area contributed by atoms with Gasteiger partial charge in [0.25, 0.3) is 5.91 Å². The molecule has 0 saturated heterocycles. The van der Waals surface area contributed by atoms with Crippen molar-refractivity contribution >= 4 is 5.91 Å². The molecule has 1 unspecified atom stereocenters. The summed E-state index contributed by atoms with van der Waals surface area (Å²) < 4.78 is 5.63. The van der Waals surface area contributed by atoms with Crippen LogP contribution in [0.25, 0.3) is 0 Å². The van der Waals surface area contributed by atoms with Crippen molar-refractivity contribution in [2.75, 3.05) is 33.3 Å². The van der Waals surface area contributed by atoms with Crippen molar-refractivity contribution in [3.63, 3.8) is 0 Å². The van der Waals surface area contributed by atoms with E-state index in [-0.39, 0.29) is 17.9 Å². The van der Waals surface area contributed by atoms with Crippen molar-refractivity contribution in [2.24, 2.45) is 5.92 Å². The van der Waals surface area contributed by atoms with E-state index in [0.29, 0.717) is 42.1 Å². The lowest BCUT2D eigenvalue weighted by atomic mass is 9.85. The average Bonchev–Trinajstić information content (AvgIpc) is 2.86. The van der Waals surface area contributed by atoms with Crippen LogP contribution < -0.4 is 4.74 Å². The first kappa shape index (κ1) is 26.7. The van der Waals surface area contributed by atoms with E-state index in [1.54, 1.807) is 6.07 Å². The molecule has 1 amide bonds. The number of aliphatic hydroxyl groups is 1. The quantitative estimate of drug-likeness (QED) is 0.548. The molecule has 0 saturated carbocycles. The topological polar surface area (TPSA) is 89.7 Å². The number of hydrogen-bond donors (Lipinski definition) is 1. The van der Waals surface area contributed by atoms with E-state index in [0.717, 1.165) is 36.2 Å². The third-order valence-electron chi connectivity index (χ3n) is 6.91. The fourth-order valence-electron chi connectivity index (χ4n) is 4.53. The Morgan fingerprint density at radius 2 is 2.00 bits per heavy atom. The third kappa shape index (κ3) is 5.83. The number of benzene rings is 1. The molecule has 3 rings (SSSR count). The van der Waals surface area contributed by atoms with Gasteiger partial charge in [0.1, 0.15) is 17.4 Å². The largest absolute Gasteiger partial charge is 0.492 e. The molecule has 1 aliphatic heterocycles. The minimum absolute atomic E-state index is 0.0502. The number of carbonyl (C=O) groups excluding carboxylic acids is 1. The molecule has 1 aliphatic rings. The van der Waals surface area contributed by atoms with Gasteiger partial charge in [-0.05, 0) is 69.0 Å². The van der Waals surface area contributed by atoms with Crippen LogP contribution in [-0.4, -0.2) is 59.1 Å². The normalized spacial score (nSPS) is 15.2. The summed E-state index contributed by atoms with van der Waals surface area (Å²) in [5, 5.41) is 20.3. The number of rotatable bonds is 10. The number of aliphatic hydroxyl groups excluding tert-OH is 1. The van der Waals surface area contributed by atoms with Gasteiger partial charge in [-0.25, -0.2) is 0 Å². The van der Waals surface area contributed by atoms with Crippen LogP contribution in [0, 0.1) is 17.2 Å². The maximum absolute atomic E-state index is 13.8. The van der Waals surface area contributed by atoms with Gasteiger partial charge in [-0.3, -0.25) is 9.78 Å². The van der Waals surface area contributed by atoms with Gasteiger partial charge in [0.15, 0.2) is 0 Å². The van der Waals surface area contributed by atoms with Crippen LogP contribution in [0.3, 0.4) is 0 Å². The van der Waals surface area contributed by atoms with Crippen LogP contribution in [0.5, 0.6) is 5.75 Å². The number of ether oxygens (including phenoxy) is 1. The molecule has 188 valence electrons. The van der Waals surface area contributed by atoms with Gasteiger partial charge in [-0.2, -0.15) is 5.26 Å². The van der Waals surface area contributed by atoms with Gasteiger partial charge in [-0.15, -0.1) is 0 Å². The highest BCUT2D eigenvalue weighted by Gasteiger charge is 2.33. The van der Waals surface area contributed by atoms with Gasteiger partial charge in [0, 0.05) is 30.9 Å². The zero-order valence-corrected chi connectivity index (χ0v) is 21.8. The lowest BCUT2D eigenvalue weighted by Crippen LogP contribution is -2.40. The van der Waals surface area contributed by atoms with Crippen LogP contribution in [0.4, 0.5) is 0 Å². The molecule has 2 aromatic rings. The minimum atomic E-state index is -0.613. The Morgan fingerprint density at radius 3 is 2.63 bits per heavy atom. The first-order valence-electron chi connectivity index (χ1n) is 12.6. The number of likely N-dealkylation sites (N-methyl/N-ethyl adjacent to an activating group) is 1. The molecule has 0 aliphatic carbocycles. The highest BCUT2D eigenvalue weighted by molar-refractivity contribution is 5.97. The van der Waals surface area contributed by atoms with Crippen molar-refractivity contribution in [2.45, 2.75) is 59.6 Å². The van der Waals surface area contributed by atoms with Crippen LogP contribution in [0.1, 0.15) is 85.1 Å². The van der Waals surface area contributed by atoms with E-state index >= 15 is 0 Å². The summed E-state index contributed by atoms with van der Waals surface area (Å²) in [6.07, 6.45) is 2.39. The highest BCUT2D eigenvalue weighted by atomic mass is 16.5. The Bertz CT molecular complexity index is 1090. The molecule has 0 spiro atoms. The first-order valence-corrected chi connectivity index (χ1v) is 12.6. The Hall–Kier alpha value is -2.95. The van der Waals surface area contributed by atoms with Gasteiger partial charge in [0.2, 0.25) is 0 Å². The SMILES string of the molecule is CCOc1cc([C@H](C)N2CCc3c(cc(CCN(C)CC)cc3C(O)C(C)C)C2=O)ncc1C#N. The lowest BCUT2D eigenvalue weighted by molar-refractivity contribution is 0.0664. The Morgan fingerprint density at radius 1 is 1.26 bits per heavy atom. The molecule has 2 atom stereocenters. The molecule has 0 radical (unpaired) electrons. The molecule has 0 bridgehead atoms. The van der Waals surface area contributed by atoms with E-state index < -0.39 is 6.10 Å². The summed E-state index contributed by atoms with van der Waals surface area (Å²) >= 11 is 0. The van der Waals surface area contributed by atoms with Crippen LogP contribution in [-0.2, 0) is 12.8 Å². The lowest BCUT2D eigenvalue weighted by Gasteiger charge is -2.35. The van der Waals surface area contributed by atoms with Gasteiger partial charge >= 0.3 is 0 Å². The first-order chi connectivity index (χ1) is 16.7. The second-order valence-electron chi connectivity index (χ2n) is 9.62. The summed E-state index contributed by atoms with van der Waals surface area (Å²) in [7, 11) is 2.08.